The lowest BCUT2D eigenvalue weighted by atomic mass is 9.90. The molecule has 0 radical (unpaired) electrons. The molecule has 1 aliphatic rings. The molecule has 7 heteroatoms. The Morgan fingerprint density at radius 2 is 1.90 bits per heavy atom. The number of carbonyl (C=O) groups excluding carboxylic acids is 1. The Labute approximate surface area is 123 Å². The van der Waals surface area contributed by atoms with Crippen LogP contribution in [0.25, 0.3) is 0 Å². The van der Waals surface area contributed by atoms with E-state index in [2.05, 4.69) is 15.3 Å². The van der Waals surface area contributed by atoms with Crippen molar-refractivity contribution in [2.24, 2.45) is 0 Å². The van der Waals surface area contributed by atoms with Gasteiger partial charge in [0.1, 0.15) is 5.82 Å². The average molecular weight is 292 g/mol. The van der Waals surface area contributed by atoms with Crippen LogP contribution in [0.4, 0.5) is 5.82 Å². The summed E-state index contributed by atoms with van der Waals surface area (Å²) in [6.07, 6.45) is 6.57. The van der Waals surface area contributed by atoms with Gasteiger partial charge in [0.25, 0.3) is 0 Å². The number of nitrogens with zero attached hydrogens (tertiary/aromatic N) is 3. The van der Waals surface area contributed by atoms with E-state index in [1.807, 2.05) is 11.9 Å². The number of nitrogens with one attached hydrogen (secondary N) is 1. The molecule has 1 amide bonds. The van der Waals surface area contributed by atoms with Gasteiger partial charge in [-0.05, 0) is 25.7 Å². The summed E-state index contributed by atoms with van der Waals surface area (Å²) in [5.41, 5.74) is -0.0542. The van der Waals surface area contributed by atoms with Crippen molar-refractivity contribution < 1.29 is 14.7 Å². The molecular formula is C14H20N4O3. The quantitative estimate of drug-likeness (QED) is 0.861. The fourth-order valence-electron chi connectivity index (χ4n) is 2.70. The van der Waals surface area contributed by atoms with E-state index in [1.165, 1.54) is 19.3 Å². The monoisotopic (exact) mass is 292 g/mol. The van der Waals surface area contributed by atoms with Gasteiger partial charge in [-0.3, -0.25) is 4.79 Å². The fraction of sp³-hybridized carbons (Fsp3) is 0.571. The molecule has 1 fully saturated rings. The maximum Gasteiger partial charge on any atom is 0.356 e. The third kappa shape index (κ3) is 3.90. The summed E-state index contributed by atoms with van der Waals surface area (Å²) in [6, 6.07) is 0.590. The van der Waals surface area contributed by atoms with Crippen LogP contribution in [0.3, 0.4) is 0 Å². The lowest BCUT2D eigenvalue weighted by Gasteiger charge is -2.35. The molecule has 0 aliphatic heterocycles. The van der Waals surface area contributed by atoms with Crippen molar-refractivity contribution in [1.29, 1.82) is 0 Å². The zero-order chi connectivity index (χ0) is 15.4. The summed E-state index contributed by atoms with van der Waals surface area (Å²) >= 11 is 0. The molecule has 2 rings (SSSR count). The molecule has 2 N–H and O–H groups in total. The normalized spacial score (nSPS) is 21.6. The molecule has 1 aliphatic carbocycles. The molecular weight excluding hydrogens is 272 g/mol. The Balaban J connectivity index is 1.93. The smallest absolute Gasteiger partial charge is 0.356 e. The number of aromatic carboxylic acids is 1. The van der Waals surface area contributed by atoms with Crippen molar-refractivity contribution in [3.05, 3.63) is 18.1 Å². The number of carboxylic acids is 1. The van der Waals surface area contributed by atoms with Gasteiger partial charge >= 0.3 is 5.97 Å². The number of amides is 1. The first-order valence-corrected chi connectivity index (χ1v) is 7.02. The standard InChI is InChI=1S/C14H20N4O3/c1-9(19)17-10-3-5-11(6-4-10)18(2)13-8-15-12(7-16-13)14(20)21/h7-8,10-11H,3-6H2,1-2H3,(H,17,19)(H,20,21). The van der Waals surface area contributed by atoms with Crippen molar-refractivity contribution >= 4 is 17.7 Å². The number of carboxylic acid groups (broad SMARTS) is 1. The average Bonchev–Trinajstić information content (AvgIpc) is 2.47. The largest absolute Gasteiger partial charge is 0.476 e. The van der Waals surface area contributed by atoms with Crippen LogP contribution in [-0.4, -0.2) is 46.1 Å². The van der Waals surface area contributed by atoms with Crippen molar-refractivity contribution in [3.8, 4) is 0 Å². The molecule has 1 aromatic rings. The Morgan fingerprint density at radius 3 is 2.38 bits per heavy atom. The van der Waals surface area contributed by atoms with E-state index in [9.17, 15) is 9.59 Å². The summed E-state index contributed by atoms with van der Waals surface area (Å²) in [7, 11) is 1.94. The third-order valence-electron chi connectivity index (χ3n) is 3.87. The van der Waals surface area contributed by atoms with E-state index in [4.69, 9.17) is 5.11 Å². The van der Waals surface area contributed by atoms with Gasteiger partial charge in [-0.25, -0.2) is 14.8 Å². The number of anilines is 1. The summed E-state index contributed by atoms with van der Waals surface area (Å²) in [4.78, 5) is 31.9. The minimum Gasteiger partial charge on any atom is -0.476 e. The molecule has 114 valence electrons. The van der Waals surface area contributed by atoms with E-state index in [0.29, 0.717) is 11.9 Å². The molecule has 0 bridgehead atoms. The van der Waals surface area contributed by atoms with Crippen molar-refractivity contribution in [3.63, 3.8) is 0 Å². The van der Waals surface area contributed by atoms with Gasteiger partial charge in [0, 0.05) is 26.1 Å². The molecule has 0 spiro atoms. The van der Waals surface area contributed by atoms with Crippen LogP contribution in [-0.2, 0) is 4.79 Å². The van der Waals surface area contributed by atoms with Gasteiger partial charge in [-0.2, -0.15) is 0 Å². The van der Waals surface area contributed by atoms with Crippen LogP contribution >= 0.6 is 0 Å². The Bertz CT molecular complexity index is 509. The first-order valence-electron chi connectivity index (χ1n) is 7.02. The van der Waals surface area contributed by atoms with Crippen LogP contribution in [0, 0.1) is 0 Å². The topological polar surface area (TPSA) is 95.4 Å². The van der Waals surface area contributed by atoms with E-state index in [-0.39, 0.29) is 17.6 Å². The minimum absolute atomic E-state index is 0.0157. The molecule has 0 atom stereocenters. The highest BCUT2D eigenvalue weighted by atomic mass is 16.4. The highest BCUT2D eigenvalue weighted by Crippen LogP contribution is 2.25. The molecule has 1 saturated carbocycles. The number of carbonyl (C=O) groups is 2. The highest BCUT2D eigenvalue weighted by molar-refractivity contribution is 5.84. The Hall–Kier alpha value is -2.18. The van der Waals surface area contributed by atoms with Gasteiger partial charge in [0.15, 0.2) is 5.69 Å². The van der Waals surface area contributed by atoms with Gasteiger partial charge < -0.3 is 15.3 Å². The molecule has 0 saturated heterocycles. The summed E-state index contributed by atoms with van der Waals surface area (Å²) in [5.74, 6) is -0.391. The van der Waals surface area contributed by atoms with Gasteiger partial charge in [-0.15, -0.1) is 0 Å². The summed E-state index contributed by atoms with van der Waals surface area (Å²) < 4.78 is 0. The van der Waals surface area contributed by atoms with Crippen molar-refractivity contribution in [2.75, 3.05) is 11.9 Å². The first kappa shape index (κ1) is 15.2. The first-order chi connectivity index (χ1) is 9.97. The van der Waals surface area contributed by atoms with E-state index in [1.54, 1.807) is 0 Å². The second-order valence-electron chi connectivity index (χ2n) is 5.38. The van der Waals surface area contributed by atoms with Crippen molar-refractivity contribution in [1.82, 2.24) is 15.3 Å². The second kappa shape index (κ2) is 6.51. The van der Waals surface area contributed by atoms with Gasteiger partial charge in [0.2, 0.25) is 5.91 Å². The SMILES string of the molecule is CC(=O)NC1CCC(N(C)c2cnc(C(=O)O)cn2)CC1. The van der Waals surface area contributed by atoms with Gasteiger partial charge in [-0.1, -0.05) is 0 Å². The molecule has 21 heavy (non-hydrogen) atoms. The van der Waals surface area contributed by atoms with E-state index < -0.39 is 5.97 Å². The summed E-state index contributed by atoms with van der Waals surface area (Å²) in [5, 5.41) is 11.8. The second-order valence-corrected chi connectivity index (χ2v) is 5.38. The Kier molecular flexibility index (Phi) is 4.72. The molecule has 0 aromatic carbocycles. The summed E-state index contributed by atoms with van der Waals surface area (Å²) in [6.45, 7) is 1.54. The number of hydrogen-bond acceptors (Lipinski definition) is 5. The zero-order valence-corrected chi connectivity index (χ0v) is 12.2. The van der Waals surface area contributed by atoms with Crippen LogP contribution in [0.2, 0.25) is 0 Å². The van der Waals surface area contributed by atoms with Crippen LogP contribution in [0.5, 0.6) is 0 Å². The number of aromatic nitrogens is 2. The molecule has 7 nitrogen and oxygen atoms in total. The predicted molar refractivity (Wildman–Crippen MR) is 77.3 cm³/mol. The molecule has 1 heterocycles. The van der Waals surface area contributed by atoms with Crippen LogP contribution < -0.4 is 10.2 Å². The lowest BCUT2D eigenvalue weighted by molar-refractivity contribution is -0.119. The van der Waals surface area contributed by atoms with E-state index >= 15 is 0 Å². The maximum absolute atomic E-state index is 11.0. The fourth-order valence-corrected chi connectivity index (χ4v) is 2.70. The molecule has 0 unspecified atom stereocenters. The van der Waals surface area contributed by atoms with E-state index in [0.717, 1.165) is 25.7 Å². The van der Waals surface area contributed by atoms with Crippen LogP contribution in [0.15, 0.2) is 12.4 Å². The van der Waals surface area contributed by atoms with Crippen LogP contribution in [0.1, 0.15) is 43.1 Å². The zero-order valence-electron chi connectivity index (χ0n) is 12.2. The number of hydrogen-bond donors (Lipinski definition) is 2. The molecule has 1 aromatic heterocycles. The lowest BCUT2D eigenvalue weighted by Crippen LogP contribution is -2.42. The predicted octanol–water partition coefficient (Wildman–Crippen LogP) is 1.06. The minimum atomic E-state index is -1.08. The van der Waals surface area contributed by atoms with Crippen molar-refractivity contribution in [2.45, 2.75) is 44.7 Å². The Morgan fingerprint density at radius 1 is 1.24 bits per heavy atom. The third-order valence-corrected chi connectivity index (χ3v) is 3.87. The van der Waals surface area contributed by atoms with Gasteiger partial charge in [0.05, 0.1) is 12.4 Å². The number of rotatable bonds is 4. The highest BCUT2D eigenvalue weighted by Gasteiger charge is 2.25. The maximum atomic E-state index is 11.0.